The molecular formula is C21H23NO6. The fourth-order valence-electron chi connectivity index (χ4n) is 2.37. The van der Waals surface area contributed by atoms with Crippen LogP contribution in [0.25, 0.3) is 0 Å². The van der Waals surface area contributed by atoms with E-state index in [1.54, 1.807) is 19.1 Å². The van der Waals surface area contributed by atoms with E-state index in [0.717, 1.165) is 16.7 Å². The quantitative estimate of drug-likeness (QED) is 0.737. The number of hydrogen-bond acceptors (Lipinski definition) is 6. The number of esters is 2. The van der Waals surface area contributed by atoms with Gasteiger partial charge in [-0.3, -0.25) is 4.79 Å². The summed E-state index contributed by atoms with van der Waals surface area (Å²) in [4.78, 5) is 35.5. The summed E-state index contributed by atoms with van der Waals surface area (Å²) in [7, 11) is 1.28. The number of carbonyl (C=O) groups excluding carboxylic acids is 3. The number of methoxy groups -OCH3 is 1. The molecule has 0 saturated carbocycles. The molecule has 2 aromatic rings. The van der Waals surface area contributed by atoms with E-state index in [9.17, 15) is 14.4 Å². The van der Waals surface area contributed by atoms with Crippen LogP contribution in [0, 0.1) is 20.8 Å². The summed E-state index contributed by atoms with van der Waals surface area (Å²) in [6.07, 6.45) is 0. The molecule has 7 nitrogen and oxygen atoms in total. The molecule has 0 saturated heterocycles. The largest absolute Gasteiger partial charge is 0.482 e. The standard InChI is InChI=1S/C21H23NO6/c1-13-5-6-15(3)18(9-13)27-12-20(24)28-11-19(23)22-17-10-16(21(25)26-4)8-7-14(17)2/h5-10H,11-12H2,1-4H3,(H,22,23). The number of amides is 1. The van der Waals surface area contributed by atoms with Gasteiger partial charge in [0.05, 0.1) is 12.7 Å². The van der Waals surface area contributed by atoms with Crippen LogP contribution in [0.15, 0.2) is 36.4 Å². The lowest BCUT2D eigenvalue weighted by atomic mass is 10.1. The van der Waals surface area contributed by atoms with Crippen molar-refractivity contribution >= 4 is 23.5 Å². The topological polar surface area (TPSA) is 90.9 Å². The molecule has 1 N–H and O–H groups in total. The molecule has 148 valence electrons. The molecule has 0 spiro atoms. The fraction of sp³-hybridized carbons (Fsp3) is 0.286. The molecule has 0 aliphatic heterocycles. The lowest BCUT2D eigenvalue weighted by Gasteiger charge is -2.11. The van der Waals surface area contributed by atoms with Gasteiger partial charge < -0.3 is 19.5 Å². The van der Waals surface area contributed by atoms with Crippen LogP contribution in [-0.4, -0.2) is 38.2 Å². The molecule has 28 heavy (non-hydrogen) atoms. The van der Waals surface area contributed by atoms with Crippen molar-refractivity contribution in [1.82, 2.24) is 0 Å². The third kappa shape index (κ3) is 5.84. The molecule has 0 bridgehead atoms. The Hall–Kier alpha value is -3.35. The molecule has 0 aliphatic rings. The van der Waals surface area contributed by atoms with Crippen LogP contribution in [0.2, 0.25) is 0 Å². The number of carbonyl (C=O) groups is 3. The van der Waals surface area contributed by atoms with Crippen molar-refractivity contribution < 1.29 is 28.6 Å². The van der Waals surface area contributed by atoms with Crippen LogP contribution in [0.4, 0.5) is 5.69 Å². The predicted molar refractivity (Wildman–Crippen MR) is 104 cm³/mol. The Morgan fingerprint density at radius 1 is 0.929 bits per heavy atom. The van der Waals surface area contributed by atoms with E-state index >= 15 is 0 Å². The smallest absolute Gasteiger partial charge is 0.344 e. The molecule has 0 heterocycles. The van der Waals surface area contributed by atoms with Crippen molar-refractivity contribution in [2.24, 2.45) is 0 Å². The zero-order chi connectivity index (χ0) is 20.7. The van der Waals surface area contributed by atoms with Crippen LogP contribution in [-0.2, 0) is 19.1 Å². The van der Waals surface area contributed by atoms with Crippen LogP contribution >= 0.6 is 0 Å². The number of anilines is 1. The van der Waals surface area contributed by atoms with E-state index in [1.807, 2.05) is 32.0 Å². The van der Waals surface area contributed by atoms with Gasteiger partial charge in [0, 0.05) is 5.69 Å². The van der Waals surface area contributed by atoms with Gasteiger partial charge in [-0.05, 0) is 55.7 Å². The Kier molecular flexibility index (Phi) is 7.14. The van der Waals surface area contributed by atoms with Crippen molar-refractivity contribution in [2.45, 2.75) is 20.8 Å². The van der Waals surface area contributed by atoms with E-state index in [4.69, 9.17) is 9.47 Å². The van der Waals surface area contributed by atoms with E-state index in [0.29, 0.717) is 17.0 Å². The molecule has 0 atom stereocenters. The number of benzene rings is 2. The van der Waals surface area contributed by atoms with Gasteiger partial charge in [-0.25, -0.2) is 9.59 Å². The molecule has 0 fully saturated rings. The molecule has 0 aromatic heterocycles. The summed E-state index contributed by atoms with van der Waals surface area (Å²) in [5.41, 5.74) is 3.42. The second kappa shape index (κ2) is 9.55. The number of nitrogens with one attached hydrogen (secondary N) is 1. The molecule has 0 aliphatic carbocycles. The fourth-order valence-corrected chi connectivity index (χ4v) is 2.37. The number of aryl methyl sites for hydroxylation is 3. The Morgan fingerprint density at radius 2 is 1.64 bits per heavy atom. The average molecular weight is 385 g/mol. The first-order valence-electron chi connectivity index (χ1n) is 8.64. The average Bonchev–Trinajstić information content (AvgIpc) is 2.68. The molecule has 7 heteroatoms. The first-order chi connectivity index (χ1) is 13.3. The lowest BCUT2D eigenvalue weighted by molar-refractivity contribution is -0.149. The third-order valence-corrected chi connectivity index (χ3v) is 3.99. The van der Waals surface area contributed by atoms with Gasteiger partial charge in [0.15, 0.2) is 13.2 Å². The number of hydrogen-bond donors (Lipinski definition) is 1. The highest BCUT2D eigenvalue weighted by Crippen LogP contribution is 2.19. The maximum atomic E-state index is 12.0. The van der Waals surface area contributed by atoms with E-state index < -0.39 is 24.5 Å². The summed E-state index contributed by atoms with van der Waals surface area (Å²) >= 11 is 0. The minimum absolute atomic E-state index is 0.297. The number of ether oxygens (including phenoxy) is 3. The van der Waals surface area contributed by atoms with Crippen LogP contribution < -0.4 is 10.1 Å². The SMILES string of the molecule is COC(=O)c1ccc(C)c(NC(=O)COC(=O)COc2cc(C)ccc2C)c1. The van der Waals surface area contributed by atoms with Crippen LogP contribution in [0.1, 0.15) is 27.0 Å². The second-order valence-corrected chi connectivity index (χ2v) is 6.29. The van der Waals surface area contributed by atoms with E-state index in [1.165, 1.54) is 13.2 Å². The van der Waals surface area contributed by atoms with Gasteiger partial charge in [-0.1, -0.05) is 18.2 Å². The van der Waals surface area contributed by atoms with Crippen LogP contribution in [0.3, 0.4) is 0 Å². The van der Waals surface area contributed by atoms with Gasteiger partial charge in [0.25, 0.3) is 5.91 Å². The minimum Gasteiger partial charge on any atom is -0.482 e. The third-order valence-electron chi connectivity index (χ3n) is 3.99. The zero-order valence-corrected chi connectivity index (χ0v) is 16.3. The molecular weight excluding hydrogens is 362 g/mol. The lowest BCUT2D eigenvalue weighted by Crippen LogP contribution is -2.24. The maximum absolute atomic E-state index is 12.0. The van der Waals surface area contributed by atoms with Gasteiger partial charge in [-0.15, -0.1) is 0 Å². The molecule has 2 rings (SSSR count). The molecule has 0 unspecified atom stereocenters. The first kappa shape index (κ1) is 21.0. The highest BCUT2D eigenvalue weighted by Gasteiger charge is 2.13. The Balaban J connectivity index is 1.86. The normalized spacial score (nSPS) is 10.1. The predicted octanol–water partition coefficient (Wildman–Crippen LogP) is 2.96. The molecule has 0 radical (unpaired) electrons. The van der Waals surface area contributed by atoms with Crippen LogP contribution in [0.5, 0.6) is 5.75 Å². The maximum Gasteiger partial charge on any atom is 0.344 e. The zero-order valence-electron chi connectivity index (χ0n) is 16.3. The summed E-state index contributed by atoms with van der Waals surface area (Å²) in [6.45, 7) is 4.82. The van der Waals surface area contributed by atoms with E-state index in [2.05, 4.69) is 10.1 Å². The summed E-state index contributed by atoms with van der Waals surface area (Å²) in [6, 6.07) is 10.5. The van der Waals surface area contributed by atoms with Crippen molar-refractivity contribution in [1.29, 1.82) is 0 Å². The van der Waals surface area contributed by atoms with E-state index in [-0.39, 0.29) is 6.61 Å². The highest BCUT2D eigenvalue weighted by molar-refractivity contribution is 5.96. The Labute approximate surface area is 163 Å². The van der Waals surface area contributed by atoms with Crippen molar-refractivity contribution in [3.05, 3.63) is 58.7 Å². The highest BCUT2D eigenvalue weighted by atomic mass is 16.6. The molecule has 2 aromatic carbocycles. The minimum atomic E-state index is -0.656. The van der Waals surface area contributed by atoms with Gasteiger partial charge in [-0.2, -0.15) is 0 Å². The summed E-state index contributed by atoms with van der Waals surface area (Å²) in [5.74, 6) is -1.09. The van der Waals surface area contributed by atoms with Crippen molar-refractivity contribution in [3.8, 4) is 5.75 Å². The second-order valence-electron chi connectivity index (χ2n) is 6.29. The van der Waals surface area contributed by atoms with Gasteiger partial charge in [0.1, 0.15) is 5.75 Å². The van der Waals surface area contributed by atoms with Crippen molar-refractivity contribution in [3.63, 3.8) is 0 Å². The Bertz CT molecular complexity index is 890. The monoisotopic (exact) mass is 385 g/mol. The Morgan fingerprint density at radius 3 is 2.36 bits per heavy atom. The summed E-state index contributed by atoms with van der Waals surface area (Å²) < 4.78 is 15.0. The molecule has 1 amide bonds. The first-order valence-corrected chi connectivity index (χ1v) is 8.64. The summed E-state index contributed by atoms with van der Waals surface area (Å²) in [5, 5.41) is 2.61. The number of rotatable bonds is 7. The van der Waals surface area contributed by atoms with Gasteiger partial charge in [0.2, 0.25) is 0 Å². The van der Waals surface area contributed by atoms with Crippen molar-refractivity contribution in [2.75, 3.05) is 25.6 Å². The van der Waals surface area contributed by atoms with Gasteiger partial charge >= 0.3 is 11.9 Å².